The number of carbonyl (C=O) groups excluding carboxylic acids is 1. The lowest BCUT2D eigenvalue weighted by Gasteiger charge is -2.38. The van der Waals surface area contributed by atoms with Crippen LogP contribution < -0.4 is 0 Å². The van der Waals surface area contributed by atoms with Crippen LogP contribution >= 0.6 is 0 Å². The largest absolute Gasteiger partial charge is 0.481 e. The predicted molar refractivity (Wildman–Crippen MR) is 67.0 cm³/mol. The molecule has 0 aliphatic rings. The summed E-state index contributed by atoms with van der Waals surface area (Å²) in [5.41, 5.74) is -0.366. The van der Waals surface area contributed by atoms with E-state index in [9.17, 15) is 9.59 Å². The summed E-state index contributed by atoms with van der Waals surface area (Å²) in [6.45, 7) is 11.1. The van der Waals surface area contributed by atoms with E-state index in [4.69, 9.17) is 5.11 Å². The molecule has 0 aliphatic carbocycles. The third-order valence-corrected chi connectivity index (χ3v) is 2.62. The van der Waals surface area contributed by atoms with Gasteiger partial charge in [0.15, 0.2) is 0 Å². The Morgan fingerprint density at radius 1 is 1.12 bits per heavy atom. The molecule has 17 heavy (non-hydrogen) atoms. The van der Waals surface area contributed by atoms with Crippen LogP contribution in [0.25, 0.3) is 0 Å². The van der Waals surface area contributed by atoms with E-state index < -0.39 is 5.97 Å². The van der Waals surface area contributed by atoms with Crippen LogP contribution in [0.15, 0.2) is 0 Å². The standard InChI is InChI=1S/C12H24N2O3/c1-6-13(7-2)11(17)14(12(3,4)5)9-8-10(15)16/h6-9H2,1-5H3,(H,15,16). The Hall–Kier alpha value is -1.26. The minimum atomic E-state index is -0.883. The van der Waals surface area contributed by atoms with Crippen molar-refractivity contribution in [2.24, 2.45) is 0 Å². The lowest BCUT2D eigenvalue weighted by Crippen LogP contribution is -2.52. The molecule has 0 spiro atoms. The molecule has 0 aliphatic heterocycles. The Morgan fingerprint density at radius 2 is 1.59 bits per heavy atom. The molecule has 1 N–H and O–H groups in total. The molecule has 0 radical (unpaired) electrons. The van der Waals surface area contributed by atoms with E-state index in [0.29, 0.717) is 13.1 Å². The van der Waals surface area contributed by atoms with Crippen molar-refractivity contribution in [2.75, 3.05) is 19.6 Å². The molecular weight excluding hydrogens is 220 g/mol. The van der Waals surface area contributed by atoms with E-state index in [-0.39, 0.29) is 24.5 Å². The Morgan fingerprint density at radius 3 is 1.88 bits per heavy atom. The number of carbonyl (C=O) groups is 2. The van der Waals surface area contributed by atoms with Gasteiger partial charge in [0.1, 0.15) is 0 Å². The lowest BCUT2D eigenvalue weighted by molar-refractivity contribution is -0.137. The smallest absolute Gasteiger partial charge is 0.320 e. The van der Waals surface area contributed by atoms with Crippen LogP contribution in [0.4, 0.5) is 4.79 Å². The highest BCUT2D eigenvalue weighted by Gasteiger charge is 2.29. The first-order valence-electron chi connectivity index (χ1n) is 6.02. The van der Waals surface area contributed by atoms with Crippen molar-refractivity contribution in [2.45, 2.75) is 46.6 Å². The third-order valence-electron chi connectivity index (χ3n) is 2.62. The molecule has 0 aromatic rings. The monoisotopic (exact) mass is 244 g/mol. The number of hydrogen-bond donors (Lipinski definition) is 1. The van der Waals surface area contributed by atoms with Crippen molar-refractivity contribution >= 4 is 12.0 Å². The summed E-state index contributed by atoms with van der Waals surface area (Å²) >= 11 is 0. The second kappa shape index (κ2) is 6.47. The Labute approximate surface area is 103 Å². The van der Waals surface area contributed by atoms with E-state index in [1.54, 1.807) is 9.80 Å². The van der Waals surface area contributed by atoms with Gasteiger partial charge in [-0.15, -0.1) is 0 Å². The third kappa shape index (κ3) is 5.06. The summed E-state index contributed by atoms with van der Waals surface area (Å²) in [4.78, 5) is 26.2. The van der Waals surface area contributed by atoms with Gasteiger partial charge in [-0.1, -0.05) is 0 Å². The molecule has 100 valence electrons. The minimum absolute atomic E-state index is 0.0235. The van der Waals surface area contributed by atoms with Crippen LogP contribution in [0.2, 0.25) is 0 Å². The number of rotatable bonds is 5. The molecule has 0 saturated heterocycles. The quantitative estimate of drug-likeness (QED) is 0.805. The zero-order valence-electron chi connectivity index (χ0n) is 11.5. The van der Waals surface area contributed by atoms with Gasteiger partial charge in [0, 0.05) is 25.2 Å². The van der Waals surface area contributed by atoms with Crippen LogP contribution in [-0.2, 0) is 4.79 Å². The zero-order chi connectivity index (χ0) is 13.6. The highest BCUT2D eigenvalue weighted by atomic mass is 16.4. The Balaban J connectivity index is 4.80. The first-order valence-corrected chi connectivity index (χ1v) is 6.02. The van der Waals surface area contributed by atoms with Gasteiger partial charge in [-0.25, -0.2) is 4.79 Å². The average Bonchev–Trinajstić information content (AvgIpc) is 2.17. The molecule has 0 saturated carbocycles. The van der Waals surface area contributed by atoms with Crippen LogP contribution in [0, 0.1) is 0 Å². The lowest BCUT2D eigenvalue weighted by atomic mass is 10.1. The van der Waals surface area contributed by atoms with Crippen molar-refractivity contribution in [3.8, 4) is 0 Å². The van der Waals surface area contributed by atoms with Crippen molar-refractivity contribution < 1.29 is 14.7 Å². The fraction of sp³-hybridized carbons (Fsp3) is 0.833. The Bertz CT molecular complexity index is 267. The Kier molecular flexibility index (Phi) is 5.99. The van der Waals surface area contributed by atoms with Crippen LogP contribution in [0.3, 0.4) is 0 Å². The minimum Gasteiger partial charge on any atom is -0.481 e. The van der Waals surface area contributed by atoms with Gasteiger partial charge >= 0.3 is 12.0 Å². The first kappa shape index (κ1) is 15.7. The molecule has 0 bridgehead atoms. The molecule has 5 nitrogen and oxygen atoms in total. The maximum Gasteiger partial charge on any atom is 0.320 e. The molecule has 2 amide bonds. The average molecular weight is 244 g/mol. The number of carboxylic acids is 1. The maximum absolute atomic E-state index is 12.2. The number of carboxylic acid groups (broad SMARTS) is 1. The molecule has 0 fully saturated rings. The number of amides is 2. The molecule has 0 unspecified atom stereocenters. The SMILES string of the molecule is CCN(CC)C(=O)N(CCC(=O)O)C(C)(C)C. The summed E-state index contributed by atoms with van der Waals surface area (Å²) in [7, 11) is 0. The van der Waals surface area contributed by atoms with E-state index in [1.165, 1.54) is 0 Å². The van der Waals surface area contributed by atoms with Crippen molar-refractivity contribution in [1.82, 2.24) is 9.80 Å². The number of nitrogens with zero attached hydrogens (tertiary/aromatic N) is 2. The van der Waals surface area contributed by atoms with Gasteiger partial charge in [-0.05, 0) is 34.6 Å². The van der Waals surface area contributed by atoms with Crippen molar-refractivity contribution in [1.29, 1.82) is 0 Å². The summed E-state index contributed by atoms with van der Waals surface area (Å²) in [6.07, 6.45) is -0.0235. The predicted octanol–water partition coefficient (Wildman–Crippen LogP) is 2.02. The molecule has 5 heteroatoms. The summed E-state index contributed by atoms with van der Waals surface area (Å²) in [5.74, 6) is -0.883. The van der Waals surface area contributed by atoms with Crippen molar-refractivity contribution in [3.05, 3.63) is 0 Å². The number of urea groups is 1. The van der Waals surface area contributed by atoms with Crippen LogP contribution in [0.5, 0.6) is 0 Å². The van der Waals surface area contributed by atoms with E-state index in [1.807, 2.05) is 34.6 Å². The highest BCUT2D eigenvalue weighted by Crippen LogP contribution is 2.16. The topological polar surface area (TPSA) is 60.9 Å². The first-order chi connectivity index (χ1) is 7.73. The van der Waals surface area contributed by atoms with E-state index in [0.717, 1.165) is 0 Å². The summed E-state index contributed by atoms with van der Waals surface area (Å²) in [6, 6.07) is -0.0937. The summed E-state index contributed by atoms with van der Waals surface area (Å²) in [5, 5.41) is 8.71. The number of aliphatic carboxylic acids is 1. The van der Waals surface area contributed by atoms with Gasteiger partial charge < -0.3 is 14.9 Å². The van der Waals surface area contributed by atoms with E-state index in [2.05, 4.69) is 0 Å². The fourth-order valence-corrected chi connectivity index (χ4v) is 1.59. The van der Waals surface area contributed by atoms with Crippen LogP contribution in [-0.4, -0.2) is 52.1 Å². The molecule has 0 rings (SSSR count). The number of hydrogen-bond acceptors (Lipinski definition) is 2. The molecule has 0 aromatic carbocycles. The highest BCUT2D eigenvalue weighted by molar-refractivity contribution is 5.76. The zero-order valence-corrected chi connectivity index (χ0v) is 11.5. The van der Waals surface area contributed by atoms with Gasteiger partial charge in [-0.2, -0.15) is 0 Å². The second-order valence-corrected chi connectivity index (χ2v) is 4.92. The van der Waals surface area contributed by atoms with Gasteiger partial charge in [0.25, 0.3) is 0 Å². The molecule has 0 heterocycles. The normalized spacial score (nSPS) is 11.1. The maximum atomic E-state index is 12.2. The molecule has 0 aromatic heterocycles. The van der Waals surface area contributed by atoms with Gasteiger partial charge in [0.2, 0.25) is 0 Å². The van der Waals surface area contributed by atoms with Gasteiger partial charge in [0.05, 0.1) is 6.42 Å². The van der Waals surface area contributed by atoms with Crippen LogP contribution in [0.1, 0.15) is 41.0 Å². The van der Waals surface area contributed by atoms with Gasteiger partial charge in [-0.3, -0.25) is 4.79 Å². The molecular formula is C12H24N2O3. The second-order valence-electron chi connectivity index (χ2n) is 4.92. The fourth-order valence-electron chi connectivity index (χ4n) is 1.59. The van der Waals surface area contributed by atoms with E-state index >= 15 is 0 Å². The van der Waals surface area contributed by atoms with Crippen molar-refractivity contribution in [3.63, 3.8) is 0 Å². The summed E-state index contributed by atoms with van der Waals surface area (Å²) < 4.78 is 0. The molecule has 0 atom stereocenters.